The number of aliphatic carboxylic acids is 1. The molecular weight excluding hydrogens is 282 g/mol. The molecule has 1 aromatic rings. The van der Waals surface area contributed by atoms with Crippen molar-refractivity contribution in [3.05, 3.63) is 29.3 Å². The number of ether oxygens (including phenoxy) is 1. The molecule has 0 bridgehead atoms. The van der Waals surface area contributed by atoms with Gasteiger partial charge in [-0.3, -0.25) is 4.79 Å². The lowest BCUT2D eigenvalue weighted by Crippen LogP contribution is -2.42. The number of rotatable bonds is 4. The molecule has 0 aliphatic carbocycles. The maximum absolute atomic E-state index is 12.3. The van der Waals surface area contributed by atoms with E-state index >= 15 is 0 Å². The summed E-state index contributed by atoms with van der Waals surface area (Å²) < 4.78 is 32.1. The predicted octanol–water partition coefficient (Wildman–Crippen LogP) is 0.681. The molecule has 1 aliphatic rings. The fourth-order valence-electron chi connectivity index (χ4n) is 2.28. The monoisotopic (exact) mass is 299 g/mol. The van der Waals surface area contributed by atoms with Gasteiger partial charge in [0, 0.05) is 0 Å². The normalized spacial score (nSPS) is 22.9. The number of carboxylic acid groups (broad SMARTS) is 1. The largest absolute Gasteiger partial charge is 0.481 e. The fourth-order valence-corrected chi connectivity index (χ4v) is 3.77. The SMILES string of the molecule is Cc1ccc(S(=O)(=O)NC2COCC2C(=O)O)c(C)c1. The van der Waals surface area contributed by atoms with Gasteiger partial charge >= 0.3 is 5.97 Å². The van der Waals surface area contributed by atoms with Crippen molar-refractivity contribution in [1.29, 1.82) is 0 Å². The summed E-state index contributed by atoms with van der Waals surface area (Å²) in [5.74, 6) is -1.91. The number of carboxylic acids is 1. The van der Waals surface area contributed by atoms with Gasteiger partial charge in [-0.15, -0.1) is 0 Å². The highest BCUT2D eigenvalue weighted by molar-refractivity contribution is 7.89. The Bertz CT molecular complexity index is 626. The van der Waals surface area contributed by atoms with Gasteiger partial charge in [-0.25, -0.2) is 13.1 Å². The first-order valence-electron chi connectivity index (χ1n) is 6.21. The summed E-state index contributed by atoms with van der Waals surface area (Å²) in [4.78, 5) is 11.2. The molecule has 2 rings (SSSR count). The van der Waals surface area contributed by atoms with Crippen LogP contribution < -0.4 is 4.72 Å². The minimum Gasteiger partial charge on any atom is -0.481 e. The number of benzene rings is 1. The van der Waals surface area contributed by atoms with Crippen LogP contribution in [0, 0.1) is 19.8 Å². The van der Waals surface area contributed by atoms with Gasteiger partial charge in [0.1, 0.15) is 0 Å². The number of aryl methyl sites for hydroxylation is 2. The molecule has 0 amide bonds. The van der Waals surface area contributed by atoms with Crippen LogP contribution in [0.5, 0.6) is 0 Å². The first-order chi connectivity index (χ1) is 9.31. The van der Waals surface area contributed by atoms with Gasteiger partial charge in [0.15, 0.2) is 0 Å². The number of carbonyl (C=O) groups is 1. The summed E-state index contributed by atoms with van der Waals surface area (Å²) in [5.41, 5.74) is 1.59. The zero-order valence-electron chi connectivity index (χ0n) is 11.3. The van der Waals surface area contributed by atoms with Gasteiger partial charge in [0.05, 0.1) is 30.1 Å². The second kappa shape index (κ2) is 5.51. The van der Waals surface area contributed by atoms with Gasteiger partial charge in [-0.2, -0.15) is 0 Å². The van der Waals surface area contributed by atoms with E-state index in [1.165, 1.54) is 6.07 Å². The summed E-state index contributed by atoms with van der Waals surface area (Å²) >= 11 is 0. The van der Waals surface area contributed by atoms with Crippen molar-refractivity contribution < 1.29 is 23.1 Å². The van der Waals surface area contributed by atoms with E-state index in [0.29, 0.717) is 5.56 Å². The molecule has 2 unspecified atom stereocenters. The second-order valence-electron chi connectivity index (χ2n) is 4.98. The van der Waals surface area contributed by atoms with E-state index in [1.807, 2.05) is 6.92 Å². The zero-order valence-corrected chi connectivity index (χ0v) is 12.1. The van der Waals surface area contributed by atoms with Crippen LogP contribution in [0.25, 0.3) is 0 Å². The van der Waals surface area contributed by atoms with E-state index in [4.69, 9.17) is 9.84 Å². The summed E-state index contributed by atoms with van der Waals surface area (Å²) in [6, 6.07) is 4.27. The Labute approximate surface area is 117 Å². The van der Waals surface area contributed by atoms with Crippen molar-refractivity contribution in [3.8, 4) is 0 Å². The molecular formula is C13H17NO5S. The van der Waals surface area contributed by atoms with Crippen LogP contribution in [0.15, 0.2) is 23.1 Å². The van der Waals surface area contributed by atoms with Crippen LogP contribution in [0.2, 0.25) is 0 Å². The number of hydrogen-bond acceptors (Lipinski definition) is 4. The molecule has 0 spiro atoms. The van der Waals surface area contributed by atoms with Crippen LogP contribution in [0.1, 0.15) is 11.1 Å². The molecule has 1 aromatic carbocycles. The lowest BCUT2D eigenvalue weighted by atomic mass is 10.1. The fraction of sp³-hybridized carbons (Fsp3) is 0.462. The second-order valence-corrected chi connectivity index (χ2v) is 6.66. The lowest BCUT2D eigenvalue weighted by molar-refractivity contribution is -0.142. The highest BCUT2D eigenvalue weighted by Crippen LogP contribution is 2.20. The molecule has 110 valence electrons. The Morgan fingerprint density at radius 3 is 2.65 bits per heavy atom. The third-order valence-corrected chi connectivity index (χ3v) is 4.97. The molecule has 0 saturated carbocycles. The number of nitrogens with one attached hydrogen (secondary N) is 1. The van der Waals surface area contributed by atoms with Crippen LogP contribution in [-0.4, -0.2) is 38.7 Å². The highest BCUT2D eigenvalue weighted by Gasteiger charge is 2.37. The Balaban J connectivity index is 2.25. The molecule has 7 heteroatoms. The first-order valence-corrected chi connectivity index (χ1v) is 7.70. The van der Waals surface area contributed by atoms with E-state index in [2.05, 4.69) is 4.72 Å². The molecule has 1 heterocycles. The van der Waals surface area contributed by atoms with Crippen molar-refractivity contribution in [1.82, 2.24) is 4.72 Å². The third-order valence-electron chi connectivity index (χ3n) is 3.32. The maximum atomic E-state index is 12.3. The van der Waals surface area contributed by atoms with Crippen molar-refractivity contribution in [2.24, 2.45) is 5.92 Å². The zero-order chi connectivity index (χ0) is 14.9. The summed E-state index contributed by atoms with van der Waals surface area (Å²) in [5, 5.41) is 9.03. The Morgan fingerprint density at radius 1 is 1.35 bits per heavy atom. The summed E-state index contributed by atoms with van der Waals surface area (Å²) in [6.45, 7) is 3.68. The van der Waals surface area contributed by atoms with Gasteiger partial charge in [-0.1, -0.05) is 17.7 Å². The van der Waals surface area contributed by atoms with Crippen molar-refractivity contribution in [2.45, 2.75) is 24.8 Å². The predicted molar refractivity (Wildman–Crippen MR) is 72.0 cm³/mol. The quantitative estimate of drug-likeness (QED) is 0.853. The van der Waals surface area contributed by atoms with Gasteiger partial charge in [0.25, 0.3) is 0 Å². The lowest BCUT2D eigenvalue weighted by Gasteiger charge is -2.17. The minimum atomic E-state index is -3.75. The third kappa shape index (κ3) is 3.00. The Kier molecular flexibility index (Phi) is 4.12. The van der Waals surface area contributed by atoms with Crippen LogP contribution in [0.4, 0.5) is 0 Å². The van der Waals surface area contributed by atoms with E-state index < -0.39 is 28.0 Å². The van der Waals surface area contributed by atoms with Crippen LogP contribution >= 0.6 is 0 Å². The molecule has 1 fully saturated rings. The van der Waals surface area contributed by atoms with Gasteiger partial charge in [-0.05, 0) is 25.5 Å². The molecule has 2 N–H and O–H groups in total. The van der Waals surface area contributed by atoms with E-state index in [1.54, 1.807) is 19.1 Å². The average Bonchev–Trinajstić information content (AvgIpc) is 2.75. The van der Waals surface area contributed by atoms with Crippen molar-refractivity contribution >= 4 is 16.0 Å². The van der Waals surface area contributed by atoms with Crippen LogP contribution in [0.3, 0.4) is 0 Å². The number of hydrogen-bond donors (Lipinski definition) is 2. The van der Waals surface area contributed by atoms with Gasteiger partial charge in [0.2, 0.25) is 10.0 Å². The molecule has 2 atom stereocenters. The smallest absolute Gasteiger partial charge is 0.310 e. The molecule has 6 nitrogen and oxygen atoms in total. The minimum absolute atomic E-state index is 0.0232. The van der Waals surface area contributed by atoms with E-state index in [9.17, 15) is 13.2 Å². The topological polar surface area (TPSA) is 92.7 Å². The summed E-state index contributed by atoms with van der Waals surface area (Å²) in [6.07, 6.45) is 0. The van der Waals surface area contributed by atoms with Gasteiger partial charge < -0.3 is 9.84 Å². The standard InChI is InChI=1S/C13H17NO5S/c1-8-3-4-12(9(2)5-8)20(17,18)14-11-7-19-6-10(11)13(15)16/h3-5,10-11,14H,6-7H2,1-2H3,(H,15,16). The molecule has 0 aromatic heterocycles. The maximum Gasteiger partial charge on any atom is 0.310 e. The first kappa shape index (κ1) is 15.0. The summed E-state index contributed by atoms with van der Waals surface area (Å²) in [7, 11) is -3.75. The van der Waals surface area contributed by atoms with E-state index in [-0.39, 0.29) is 18.1 Å². The molecule has 1 saturated heterocycles. The highest BCUT2D eigenvalue weighted by atomic mass is 32.2. The number of sulfonamides is 1. The Hall–Kier alpha value is -1.44. The molecule has 1 aliphatic heterocycles. The van der Waals surface area contributed by atoms with E-state index in [0.717, 1.165) is 5.56 Å². The van der Waals surface area contributed by atoms with Crippen molar-refractivity contribution in [2.75, 3.05) is 13.2 Å². The van der Waals surface area contributed by atoms with Crippen molar-refractivity contribution in [3.63, 3.8) is 0 Å². The average molecular weight is 299 g/mol. The molecule has 0 radical (unpaired) electrons. The molecule has 20 heavy (non-hydrogen) atoms. The van der Waals surface area contributed by atoms with Crippen LogP contribution in [-0.2, 0) is 19.6 Å². The Morgan fingerprint density at radius 2 is 2.05 bits per heavy atom.